The molecular formula is C9H9N3O4S. The predicted octanol–water partition coefficient (Wildman–Crippen LogP) is 0.0458. The number of nitrogens with zero attached hydrogens (tertiary/aromatic N) is 1. The van der Waals surface area contributed by atoms with Crippen LogP contribution in [-0.2, 0) is 11.2 Å². The van der Waals surface area contributed by atoms with Crippen LogP contribution in [0.1, 0.15) is 5.56 Å². The van der Waals surface area contributed by atoms with Crippen molar-refractivity contribution in [2.75, 3.05) is 0 Å². The van der Waals surface area contributed by atoms with E-state index in [1.54, 1.807) is 11.6 Å². The molecule has 0 spiro atoms. The van der Waals surface area contributed by atoms with Gasteiger partial charge in [-0.1, -0.05) is 0 Å². The summed E-state index contributed by atoms with van der Waals surface area (Å²) >= 11 is 1.29. The summed E-state index contributed by atoms with van der Waals surface area (Å²) in [7, 11) is 0. The summed E-state index contributed by atoms with van der Waals surface area (Å²) in [5.74, 6) is -0.919. The molecule has 0 bridgehead atoms. The minimum Gasteiger partial charge on any atom is -0.480 e. The normalized spacial score (nSPS) is 12.5. The van der Waals surface area contributed by atoms with Gasteiger partial charge in [-0.2, -0.15) is 5.16 Å². The molecule has 0 saturated heterocycles. The van der Waals surface area contributed by atoms with Gasteiger partial charge >= 0.3 is 5.97 Å². The van der Waals surface area contributed by atoms with Gasteiger partial charge in [0.15, 0.2) is 10.8 Å². The molecule has 2 rings (SSSR count). The van der Waals surface area contributed by atoms with Crippen molar-refractivity contribution in [2.24, 2.45) is 5.73 Å². The van der Waals surface area contributed by atoms with Gasteiger partial charge in [0.1, 0.15) is 6.04 Å². The van der Waals surface area contributed by atoms with E-state index in [1.165, 1.54) is 11.3 Å². The van der Waals surface area contributed by atoms with E-state index in [4.69, 9.17) is 15.4 Å². The van der Waals surface area contributed by atoms with E-state index in [1.807, 2.05) is 0 Å². The Hall–Kier alpha value is -1.93. The van der Waals surface area contributed by atoms with Gasteiger partial charge in [0.2, 0.25) is 0 Å². The number of nitrogens with two attached hydrogens (primary N) is 1. The first kappa shape index (κ1) is 11.6. The first-order chi connectivity index (χ1) is 8.09. The number of thiazole rings is 1. The molecule has 0 aromatic carbocycles. The number of aliphatic carboxylic acids is 1. The zero-order valence-electron chi connectivity index (χ0n) is 8.54. The summed E-state index contributed by atoms with van der Waals surface area (Å²) < 4.78 is 4.98. The molecule has 7 nitrogen and oxygen atoms in total. The smallest absolute Gasteiger partial charge is 0.320 e. The zero-order valence-corrected chi connectivity index (χ0v) is 9.36. The van der Waals surface area contributed by atoms with Crippen molar-refractivity contribution in [3.8, 4) is 10.8 Å². The van der Waals surface area contributed by atoms with Crippen LogP contribution in [0.25, 0.3) is 10.8 Å². The Labute approximate surface area is 98.9 Å². The van der Waals surface area contributed by atoms with Gasteiger partial charge in [-0.3, -0.25) is 9.59 Å². The molecule has 2 heterocycles. The third kappa shape index (κ3) is 2.27. The number of carboxylic acid groups (broad SMARTS) is 1. The highest BCUT2D eigenvalue weighted by Crippen LogP contribution is 2.23. The van der Waals surface area contributed by atoms with Crippen LogP contribution in [0.4, 0.5) is 0 Å². The molecule has 0 unspecified atom stereocenters. The molecule has 0 aliphatic carbocycles. The van der Waals surface area contributed by atoms with E-state index in [0.29, 0.717) is 5.01 Å². The lowest BCUT2D eigenvalue weighted by molar-refractivity contribution is -0.138. The summed E-state index contributed by atoms with van der Waals surface area (Å²) in [5, 5.41) is 13.1. The predicted molar refractivity (Wildman–Crippen MR) is 59.8 cm³/mol. The maximum Gasteiger partial charge on any atom is 0.320 e. The highest BCUT2D eigenvalue weighted by Gasteiger charge is 2.22. The van der Waals surface area contributed by atoms with Crippen molar-refractivity contribution in [2.45, 2.75) is 12.5 Å². The molecule has 1 atom stereocenters. The monoisotopic (exact) mass is 255 g/mol. The zero-order chi connectivity index (χ0) is 12.4. The van der Waals surface area contributed by atoms with Crippen LogP contribution in [0.3, 0.4) is 0 Å². The van der Waals surface area contributed by atoms with Gasteiger partial charge in [-0.05, 0) is 0 Å². The minimum atomic E-state index is -1.17. The molecule has 90 valence electrons. The summed E-state index contributed by atoms with van der Waals surface area (Å²) in [6, 6.07) is -1.15. The summed E-state index contributed by atoms with van der Waals surface area (Å²) in [6.07, 6.45) is 1.46. The summed E-state index contributed by atoms with van der Waals surface area (Å²) in [6.45, 7) is 0. The fourth-order valence-corrected chi connectivity index (χ4v) is 1.97. The molecule has 8 heteroatoms. The number of aromatic amines is 1. The topological polar surface area (TPSA) is 122 Å². The van der Waals surface area contributed by atoms with Crippen LogP contribution >= 0.6 is 11.3 Å². The second-order valence-corrected chi connectivity index (χ2v) is 4.22. The van der Waals surface area contributed by atoms with Gasteiger partial charge in [-0.15, -0.1) is 11.3 Å². The van der Waals surface area contributed by atoms with Crippen molar-refractivity contribution in [3.63, 3.8) is 0 Å². The Morgan fingerprint density at radius 3 is 3.06 bits per heavy atom. The van der Waals surface area contributed by atoms with Crippen LogP contribution < -0.4 is 11.3 Å². The van der Waals surface area contributed by atoms with Crippen molar-refractivity contribution in [1.82, 2.24) is 10.1 Å². The van der Waals surface area contributed by atoms with Gasteiger partial charge in [0.25, 0.3) is 5.56 Å². The Bertz CT molecular complexity index is 571. The fraction of sp³-hybridized carbons (Fsp3) is 0.222. The molecule has 17 heavy (non-hydrogen) atoms. The number of aromatic nitrogens is 2. The minimum absolute atomic E-state index is 0.101. The largest absolute Gasteiger partial charge is 0.480 e. The third-order valence-electron chi connectivity index (χ3n) is 2.16. The Kier molecular flexibility index (Phi) is 3.07. The van der Waals surface area contributed by atoms with Crippen molar-refractivity contribution in [1.29, 1.82) is 0 Å². The lowest BCUT2D eigenvalue weighted by Crippen LogP contribution is -2.33. The molecule has 0 aliphatic heterocycles. The number of carboxylic acids is 1. The SMILES string of the molecule is N[C@@H](Cc1c(-c2nccs2)o[nH]c1=O)C(=O)O. The number of rotatable bonds is 4. The van der Waals surface area contributed by atoms with Crippen LogP contribution in [0.2, 0.25) is 0 Å². The van der Waals surface area contributed by atoms with E-state index in [2.05, 4.69) is 10.1 Å². The first-order valence-corrected chi connectivity index (χ1v) is 5.56. The molecule has 0 amide bonds. The van der Waals surface area contributed by atoms with Crippen LogP contribution in [-0.4, -0.2) is 27.3 Å². The van der Waals surface area contributed by atoms with Gasteiger partial charge < -0.3 is 15.4 Å². The first-order valence-electron chi connectivity index (χ1n) is 4.68. The Balaban J connectivity index is 2.37. The summed E-state index contributed by atoms with van der Waals surface area (Å²) in [5.41, 5.74) is 5.11. The highest BCUT2D eigenvalue weighted by molar-refractivity contribution is 7.13. The standard InChI is InChI=1S/C9H9N3O4S/c10-5(9(14)15)3-4-6(16-12-7(4)13)8-11-1-2-17-8/h1-2,5H,3,10H2,(H,12,13)(H,14,15)/t5-/m0/s1. The molecule has 4 N–H and O–H groups in total. The maximum absolute atomic E-state index is 11.5. The van der Waals surface area contributed by atoms with Crippen molar-refractivity contribution < 1.29 is 14.4 Å². The number of carbonyl (C=O) groups is 1. The van der Waals surface area contributed by atoms with Crippen LogP contribution in [0, 0.1) is 0 Å². The molecule has 2 aromatic heterocycles. The molecule has 0 radical (unpaired) electrons. The maximum atomic E-state index is 11.5. The van der Waals surface area contributed by atoms with Gasteiger partial charge in [0.05, 0.1) is 5.56 Å². The Morgan fingerprint density at radius 2 is 2.47 bits per heavy atom. The lowest BCUT2D eigenvalue weighted by Gasteiger charge is -2.03. The lowest BCUT2D eigenvalue weighted by atomic mass is 10.1. The second kappa shape index (κ2) is 4.52. The Morgan fingerprint density at radius 1 is 1.71 bits per heavy atom. The van der Waals surface area contributed by atoms with Crippen molar-refractivity contribution in [3.05, 3.63) is 27.5 Å². The average Bonchev–Trinajstić information content (AvgIpc) is 2.89. The van der Waals surface area contributed by atoms with Gasteiger partial charge in [0, 0.05) is 18.0 Å². The van der Waals surface area contributed by atoms with Crippen LogP contribution in [0.5, 0.6) is 0 Å². The van der Waals surface area contributed by atoms with E-state index >= 15 is 0 Å². The van der Waals surface area contributed by atoms with E-state index in [0.717, 1.165) is 0 Å². The van der Waals surface area contributed by atoms with E-state index in [-0.39, 0.29) is 17.7 Å². The van der Waals surface area contributed by atoms with Crippen LogP contribution in [0.15, 0.2) is 20.9 Å². The number of nitrogens with one attached hydrogen (secondary N) is 1. The number of hydrogen-bond acceptors (Lipinski definition) is 6. The molecule has 0 fully saturated rings. The second-order valence-electron chi connectivity index (χ2n) is 3.33. The molecule has 0 saturated carbocycles. The average molecular weight is 255 g/mol. The quantitative estimate of drug-likeness (QED) is 0.709. The summed E-state index contributed by atoms with van der Waals surface area (Å²) in [4.78, 5) is 26.1. The molecule has 2 aromatic rings. The van der Waals surface area contributed by atoms with E-state index in [9.17, 15) is 9.59 Å². The fourth-order valence-electron chi connectivity index (χ4n) is 1.32. The highest BCUT2D eigenvalue weighted by atomic mass is 32.1. The van der Waals surface area contributed by atoms with Gasteiger partial charge in [-0.25, -0.2) is 4.98 Å². The molecular weight excluding hydrogens is 246 g/mol. The molecule has 0 aliphatic rings. The van der Waals surface area contributed by atoms with E-state index < -0.39 is 17.6 Å². The van der Waals surface area contributed by atoms with Crippen molar-refractivity contribution >= 4 is 17.3 Å². The number of hydrogen-bond donors (Lipinski definition) is 3. The third-order valence-corrected chi connectivity index (χ3v) is 2.93. The number of H-pyrrole nitrogens is 1.